The first-order chi connectivity index (χ1) is 16.3. The summed E-state index contributed by atoms with van der Waals surface area (Å²) in [4.78, 5) is 26.1. The number of benzene rings is 1. The summed E-state index contributed by atoms with van der Waals surface area (Å²) in [7, 11) is 1.62. The van der Waals surface area contributed by atoms with Gasteiger partial charge in [0.05, 0.1) is 19.3 Å². The van der Waals surface area contributed by atoms with Crippen LogP contribution in [0.1, 0.15) is 31.3 Å². The molecule has 1 aliphatic heterocycles. The summed E-state index contributed by atoms with van der Waals surface area (Å²) in [5, 5.41) is 3.07. The molecule has 9 nitrogen and oxygen atoms in total. The largest absolute Gasteiger partial charge is 0.497 e. The number of nitrogens with one attached hydrogen (secondary N) is 1. The number of pyridine rings is 1. The summed E-state index contributed by atoms with van der Waals surface area (Å²) in [6.45, 7) is 8.94. The number of nitrogens with zero attached hydrogens (tertiary/aromatic N) is 4. The second-order valence-electron chi connectivity index (χ2n) is 9.16. The molecule has 3 aromatic rings. The summed E-state index contributed by atoms with van der Waals surface area (Å²) in [6, 6.07) is 11.2. The molecule has 9 heteroatoms. The Morgan fingerprint density at radius 1 is 1.18 bits per heavy atom. The van der Waals surface area contributed by atoms with Crippen molar-refractivity contribution in [2.24, 2.45) is 0 Å². The van der Waals surface area contributed by atoms with E-state index in [0.717, 1.165) is 18.0 Å². The highest BCUT2D eigenvalue weighted by atomic mass is 16.5. The van der Waals surface area contributed by atoms with Gasteiger partial charge >= 0.3 is 0 Å². The van der Waals surface area contributed by atoms with Crippen LogP contribution in [0.5, 0.6) is 11.5 Å². The summed E-state index contributed by atoms with van der Waals surface area (Å²) < 4.78 is 16.7. The second kappa shape index (κ2) is 10.1. The van der Waals surface area contributed by atoms with Crippen molar-refractivity contribution in [1.29, 1.82) is 0 Å². The maximum atomic E-state index is 13.4. The van der Waals surface area contributed by atoms with Crippen LogP contribution in [-0.4, -0.2) is 70.6 Å². The molecule has 0 bridgehead atoms. The molecule has 0 spiro atoms. The molecule has 2 aromatic heterocycles. The van der Waals surface area contributed by atoms with Crippen molar-refractivity contribution < 1.29 is 18.7 Å². The van der Waals surface area contributed by atoms with Crippen LogP contribution in [0.2, 0.25) is 0 Å². The van der Waals surface area contributed by atoms with Gasteiger partial charge in [-0.15, -0.1) is 0 Å². The number of hydrogen-bond acceptors (Lipinski definition) is 8. The maximum Gasteiger partial charge on any atom is 0.299 e. The highest BCUT2D eigenvalue weighted by Crippen LogP contribution is 2.24. The smallest absolute Gasteiger partial charge is 0.299 e. The molecule has 0 saturated carbocycles. The minimum atomic E-state index is -0.181. The number of oxazole rings is 1. The number of aromatic nitrogens is 2. The Kier molecular flexibility index (Phi) is 7.02. The molecular formula is C25H31N5O4. The normalized spacial score (nSPS) is 16.8. The molecule has 1 aromatic carbocycles. The molecule has 1 N–H and O–H groups in total. The average Bonchev–Trinajstić information content (AvgIpc) is 3.31. The molecule has 1 atom stereocenters. The fraction of sp³-hybridized carbons (Fsp3) is 0.400. The molecule has 4 rings (SSSR count). The Balaban J connectivity index is 1.46. The van der Waals surface area contributed by atoms with Crippen LogP contribution in [0.15, 0.2) is 59.5 Å². The minimum absolute atomic E-state index is 0.00889. The van der Waals surface area contributed by atoms with Gasteiger partial charge in [0.1, 0.15) is 24.4 Å². The Hall–Kier alpha value is -3.59. The Bertz CT molecular complexity index is 1080. The highest BCUT2D eigenvalue weighted by Gasteiger charge is 2.36. The zero-order valence-electron chi connectivity index (χ0n) is 20.0. The number of piperazine rings is 1. The van der Waals surface area contributed by atoms with E-state index >= 15 is 0 Å². The number of rotatable bonds is 7. The Morgan fingerprint density at radius 3 is 2.65 bits per heavy atom. The molecule has 180 valence electrons. The third-order valence-electron chi connectivity index (χ3n) is 5.83. The van der Waals surface area contributed by atoms with Crippen molar-refractivity contribution in [2.45, 2.75) is 32.4 Å². The molecule has 34 heavy (non-hydrogen) atoms. The zero-order chi connectivity index (χ0) is 24.1. The number of anilines is 2. The lowest BCUT2D eigenvalue weighted by Gasteiger charge is -2.46. The van der Waals surface area contributed by atoms with E-state index < -0.39 is 0 Å². The summed E-state index contributed by atoms with van der Waals surface area (Å²) in [5.74, 6) is 1.25. The number of amides is 1. The van der Waals surface area contributed by atoms with E-state index in [1.807, 2.05) is 41.3 Å². The van der Waals surface area contributed by atoms with E-state index in [2.05, 4.69) is 41.0 Å². The first kappa shape index (κ1) is 23.6. The van der Waals surface area contributed by atoms with Gasteiger partial charge < -0.3 is 24.1 Å². The van der Waals surface area contributed by atoms with Crippen molar-refractivity contribution in [1.82, 2.24) is 19.8 Å². The monoisotopic (exact) mass is 465 g/mol. The van der Waals surface area contributed by atoms with E-state index in [4.69, 9.17) is 13.9 Å². The number of hydrogen-bond donors (Lipinski definition) is 1. The van der Waals surface area contributed by atoms with E-state index in [1.165, 1.54) is 6.26 Å². The molecule has 0 radical (unpaired) electrons. The third-order valence-corrected chi connectivity index (χ3v) is 5.83. The van der Waals surface area contributed by atoms with Gasteiger partial charge in [0, 0.05) is 37.1 Å². The average molecular weight is 466 g/mol. The fourth-order valence-electron chi connectivity index (χ4n) is 3.87. The molecule has 1 fully saturated rings. The summed E-state index contributed by atoms with van der Waals surface area (Å²) in [5.41, 5.74) is 1.03. The fourth-order valence-corrected chi connectivity index (χ4v) is 3.87. The standard InChI is InChI=1S/C25H31N5O4/c1-25(2,3)29-12-13-30(19(15-29)16-33-21-6-5-11-26-14-21)23(31)22-17-34-24(28-22)27-18-7-9-20(32-4)10-8-18/h5-11,14,17,19H,12-13,15-16H2,1-4H3,(H,27,28). The lowest BCUT2D eigenvalue weighted by Crippen LogP contribution is -2.61. The van der Waals surface area contributed by atoms with E-state index in [0.29, 0.717) is 25.4 Å². The Morgan fingerprint density at radius 2 is 1.97 bits per heavy atom. The van der Waals surface area contributed by atoms with Crippen molar-refractivity contribution in [3.63, 3.8) is 0 Å². The van der Waals surface area contributed by atoms with Gasteiger partial charge in [-0.2, -0.15) is 4.98 Å². The van der Waals surface area contributed by atoms with Gasteiger partial charge in [0.15, 0.2) is 5.69 Å². The van der Waals surface area contributed by atoms with E-state index in [9.17, 15) is 4.79 Å². The first-order valence-electron chi connectivity index (χ1n) is 11.3. The number of carbonyl (C=O) groups excluding carboxylic acids is 1. The molecule has 0 aliphatic carbocycles. The molecule has 1 amide bonds. The molecule has 1 aliphatic rings. The number of methoxy groups -OCH3 is 1. The quantitative estimate of drug-likeness (QED) is 0.563. The molecule has 3 heterocycles. The third kappa shape index (κ3) is 5.66. The van der Waals surface area contributed by atoms with Gasteiger partial charge in [0.2, 0.25) is 0 Å². The van der Waals surface area contributed by atoms with Crippen LogP contribution in [0.4, 0.5) is 11.7 Å². The maximum absolute atomic E-state index is 13.4. The van der Waals surface area contributed by atoms with Crippen LogP contribution in [0.25, 0.3) is 0 Å². The van der Waals surface area contributed by atoms with Gasteiger partial charge in [0.25, 0.3) is 11.9 Å². The van der Waals surface area contributed by atoms with E-state index in [-0.39, 0.29) is 29.2 Å². The van der Waals surface area contributed by atoms with E-state index in [1.54, 1.807) is 19.5 Å². The van der Waals surface area contributed by atoms with Crippen LogP contribution < -0.4 is 14.8 Å². The van der Waals surface area contributed by atoms with Gasteiger partial charge in [-0.25, -0.2) is 0 Å². The Labute approximate surface area is 199 Å². The minimum Gasteiger partial charge on any atom is -0.497 e. The topological polar surface area (TPSA) is 93.0 Å². The van der Waals surface area contributed by atoms with Crippen molar-refractivity contribution >= 4 is 17.6 Å². The highest BCUT2D eigenvalue weighted by molar-refractivity contribution is 5.92. The molecular weight excluding hydrogens is 434 g/mol. The van der Waals surface area contributed by atoms with Crippen molar-refractivity contribution in [2.75, 3.05) is 38.7 Å². The van der Waals surface area contributed by atoms with Crippen LogP contribution in [-0.2, 0) is 0 Å². The van der Waals surface area contributed by atoms with Crippen LogP contribution in [0.3, 0.4) is 0 Å². The lowest BCUT2D eigenvalue weighted by molar-refractivity contribution is 0.00680. The summed E-state index contributed by atoms with van der Waals surface area (Å²) >= 11 is 0. The van der Waals surface area contributed by atoms with Gasteiger partial charge in [-0.05, 0) is 57.2 Å². The first-order valence-corrected chi connectivity index (χ1v) is 11.3. The van der Waals surface area contributed by atoms with Crippen molar-refractivity contribution in [3.05, 3.63) is 60.7 Å². The number of carbonyl (C=O) groups is 1. The number of ether oxygens (including phenoxy) is 2. The predicted octanol–water partition coefficient (Wildman–Crippen LogP) is 3.83. The van der Waals surface area contributed by atoms with Crippen LogP contribution >= 0.6 is 0 Å². The lowest BCUT2D eigenvalue weighted by atomic mass is 10.0. The second-order valence-corrected chi connectivity index (χ2v) is 9.16. The SMILES string of the molecule is COc1ccc(Nc2nc(C(=O)N3CCN(C(C)(C)C)CC3COc3cccnc3)co2)cc1. The van der Waals surface area contributed by atoms with Gasteiger partial charge in [-0.1, -0.05) is 0 Å². The predicted molar refractivity (Wildman–Crippen MR) is 129 cm³/mol. The molecule has 1 saturated heterocycles. The van der Waals surface area contributed by atoms with Crippen molar-refractivity contribution in [3.8, 4) is 11.5 Å². The molecule has 1 unspecified atom stereocenters. The zero-order valence-corrected chi connectivity index (χ0v) is 20.0. The van der Waals surface area contributed by atoms with Crippen LogP contribution in [0, 0.1) is 0 Å². The summed E-state index contributed by atoms with van der Waals surface area (Å²) in [6.07, 6.45) is 4.77. The van der Waals surface area contributed by atoms with Gasteiger partial charge in [-0.3, -0.25) is 14.7 Å².